The van der Waals surface area contributed by atoms with Crippen LogP contribution < -0.4 is 24.7 Å². The van der Waals surface area contributed by atoms with E-state index in [2.05, 4.69) is 16.0 Å². The van der Waals surface area contributed by atoms with Gasteiger partial charge in [-0.1, -0.05) is 30.3 Å². The van der Waals surface area contributed by atoms with Gasteiger partial charge in [-0.3, -0.25) is 19.1 Å². The number of carbonyl (C=O) groups excluding carboxylic acids is 1. The van der Waals surface area contributed by atoms with Crippen molar-refractivity contribution in [3.05, 3.63) is 101 Å². The quantitative estimate of drug-likeness (QED) is 0.113. The third-order valence-electron chi connectivity index (χ3n) is 10.7. The summed E-state index contributed by atoms with van der Waals surface area (Å²) in [5.74, 6) is 2.53. The highest BCUT2D eigenvalue weighted by Crippen LogP contribution is 2.38. The molecular weight excluding hydrogens is 679 g/mol. The molecule has 0 bridgehead atoms. The van der Waals surface area contributed by atoms with Crippen LogP contribution in [0.15, 0.2) is 94.7 Å². The Morgan fingerprint density at radius 3 is 2.28 bits per heavy atom. The van der Waals surface area contributed by atoms with Crippen molar-refractivity contribution in [3.63, 3.8) is 0 Å². The Morgan fingerprint density at radius 1 is 0.741 bits per heavy atom. The number of carbonyl (C=O) groups is 1. The monoisotopic (exact) mass is 725 g/mol. The van der Waals surface area contributed by atoms with Crippen LogP contribution in [0.25, 0.3) is 28.0 Å². The second kappa shape index (κ2) is 16.2. The highest BCUT2D eigenvalue weighted by molar-refractivity contribution is 6.03. The predicted molar refractivity (Wildman–Crippen MR) is 214 cm³/mol. The van der Waals surface area contributed by atoms with Gasteiger partial charge in [0.2, 0.25) is 0 Å². The summed E-state index contributed by atoms with van der Waals surface area (Å²) in [6.07, 6.45) is 11.2. The lowest BCUT2D eigenvalue weighted by Crippen LogP contribution is -2.35. The van der Waals surface area contributed by atoms with E-state index in [-0.39, 0.29) is 17.5 Å². The molecule has 8 rings (SSSR count). The molecule has 2 saturated heterocycles. The molecule has 278 valence electrons. The topological polar surface area (TPSA) is 98.5 Å². The van der Waals surface area contributed by atoms with Gasteiger partial charge in [0.25, 0.3) is 11.5 Å². The second-order valence-electron chi connectivity index (χ2n) is 14.3. The van der Waals surface area contributed by atoms with Gasteiger partial charge in [-0.25, -0.2) is 4.98 Å². The van der Waals surface area contributed by atoms with Gasteiger partial charge in [-0.2, -0.15) is 0 Å². The van der Waals surface area contributed by atoms with Crippen molar-refractivity contribution in [2.24, 2.45) is 4.99 Å². The van der Waals surface area contributed by atoms with Gasteiger partial charge < -0.3 is 24.0 Å². The molecule has 5 aromatic rings. The Kier molecular flexibility index (Phi) is 10.6. The van der Waals surface area contributed by atoms with Gasteiger partial charge in [0.1, 0.15) is 11.6 Å². The maximum atomic E-state index is 14.2. The molecular formula is C44H47N5O5. The van der Waals surface area contributed by atoms with E-state index in [0.717, 1.165) is 80.8 Å². The zero-order valence-corrected chi connectivity index (χ0v) is 30.9. The first-order valence-corrected chi connectivity index (χ1v) is 19.4. The fourth-order valence-electron chi connectivity index (χ4n) is 7.78. The second-order valence-corrected chi connectivity index (χ2v) is 14.3. The lowest BCUT2D eigenvalue weighted by Gasteiger charge is -2.29. The Hall–Kier alpha value is -5.64. The number of methoxy groups -OCH3 is 1. The molecule has 1 aromatic heterocycles. The molecule has 0 radical (unpaired) electrons. The number of rotatable bonds is 13. The maximum Gasteiger partial charge on any atom is 0.266 e. The molecule has 3 aliphatic heterocycles. The largest absolute Gasteiger partial charge is 0.494 e. The average Bonchev–Trinajstić information content (AvgIpc) is 3.66. The van der Waals surface area contributed by atoms with Crippen LogP contribution in [0.4, 0.5) is 11.4 Å². The van der Waals surface area contributed by atoms with Gasteiger partial charge >= 0.3 is 0 Å². The Labute approximate surface area is 316 Å². The van der Waals surface area contributed by atoms with Gasteiger partial charge in [-0.15, -0.1) is 0 Å². The summed E-state index contributed by atoms with van der Waals surface area (Å²) in [6.45, 7) is 3.91. The summed E-state index contributed by atoms with van der Waals surface area (Å²) in [7, 11) is 1.60. The molecule has 0 unspecified atom stereocenters. The summed E-state index contributed by atoms with van der Waals surface area (Å²) in [4.78, 5) is 41.3. The first-order chi connectivity index (χ1) is 26.6. The third kappa shape index (κ3) is 7.42. The molecule has 0 saturated carbocycles. The van der Waals surface area contributed by atoms with E-state index in [1.54, 1.807) is 17.7 Å². The number of piperidine rings is 1. The molecule has 1 atom stereocenters. The molecule has 54 heavy (non-hydrogen) atoms. The van der Waals surface area contributed by atoms with Crippen molar-refractivity contribution in [3.8, 4) is 34.3 Å². The van der Waals surface area contributed by atoms with E-state index >= 15 is 0 Å². The standard InChI is InChI=1S/C44H47N5O5/c1-52-40-28-37-39(45-30-34-15-12-24-48(34)43(37)50)29-41(40)54-26-11-3-2-10-25-53-35-19-16-32(17-20-35)49-42(31-13-6-4-7-14-31)46-38-21-18-33(27-36(38)44(49)51)47-22-8-5-9-23-47/h4,6-7,13-14,16-21,27-30,34H,2-3,5,8-12,15,22-26H2,1H3/t34-/m0/s1. The fraction of sp³-hybridized carbons (Fsp3) is 0.364. The summed E-state index contributed by atoms with van der Waals surface area (Å²) >= 11 is 0. The number of unbranched alkanes of at least 4 members (excludes halogenated alkanes) is 3. The van der Waals surface area contributed by atoms with Crippen LogP contribution in [0.3, 0.4) is 0 Å². The van der Waals surface area contributed by atoms with Crippen LogP contribution in [0.2, 0.25) is 0 Å². The zero-order valence-electron chi connectivity index (χ0n) is 30.9. The summed E-state index contributed by atoms with van der Waals surface area (Å²) in [6, 6.07) is 27.3. The third-order valence-corrected chi connectivity index (χ3v) is 10.7. The van der Waals surface area contributed by atoms with Crippen LogP contribution in [0, 0.1) is 0 Å². The number of aliphatic imine (C=N–C) groups is 1. The minimum Gasteiger partial charge on any atom is -0.494 e. The van der Waals surface area contributed by atoms with Crippen LogP contribution >= 0.6 is 0 Å². The Bertz CT molecular complexity index is 2190. The zero-order chi connectivity index (χ0) is 36.9. The highest BCUT2D eigenvalue weighted by atomic mass is 16.5. The first-order valence-electron chi connectivity index (χ1n) is 19.4. The van der Waals surface area contributed by atoms with Gasteiger partial charge in [0.05, 0.1) is 54.2 Å². The Morgan fingerprint density at radius 2 is 1.50 bits per heavy atom. The van der Waals surface area contributed by atoms with Gasteiger partial charge in [-0.05, 0) is 106 Å². The van der Waals surface area contributed by atoms with E-state index < -0.39 is 0 Å². The molecule has 10 nitrogen and oxygen atoms in total. The molecule has 0 aliphatic carbocycles. The summed E-state index contributed by atoms with van der Waals surface area (Å²) in [5, 5.41) is 0.617. The van der Waals surface area contributed by atoms with E-state index in [0.29, 0.717) is 52.7 Å². The Balaban J connectivity index is 0.868. The minimum absolute atomic E-state index is 0.00412. The smallest absolute Gasteiger partial charge is 0.266 e. The first kappa shape index (κ1) is 35.4. The summed E-state index contributed by atoms with van der Waals surface area (Å²) < 4.78 is 19.5. The van der Waals surface area contributed by atoms with Crippen molar-refractivity contribution in [2.75, 3.05) is 44.9 Å². The van der Waals surface area contributed by atoms with Crippen molar-refractivity contribution < 1.29 is 19.0 Å². The van der Waals surface area contributed by atoms with Crippen LogP contribution in [-0.4, -0.2) is 72.6 Å². The van der Waals surface area contributed by atoms with Crippen molar-refractivity contribution in [2.45, 2.75) is 63.8 Å². The molecule has 10 heteroatoms. The van der Waals surface area contributed by atoms with E-state index in [9.17, 15) is 9.59 Å². The van der Waals surface area contributed by atoms with Crippen LogP contribution in [0.5, 0.6) is 17.2 Å². The number of ether oxygens (including phenoxy) is 3. The summed E-state index contributed by atoms with van der Waals surface area (Å²) in [5.41, 5.74) is 4.51. The molecule has 4 aromatic carbocycles. The van der Waals surface area contributed by atoms with Gasteiger partial charge in [0.15, 0.2) is 11.5 Å². The molecule has 1 amide bonds. The van der Waals surface area contributed by atoms with Crippen LogP contribution in [-0.2, 0) is 0 Å². The lowest BCUT2D eigenvalue weighted by molar-refractivity contribution is 0.0774. The molecule has 0 N–H and O–H groups in total. The normalized spacial score (nSPS) is 16.6. The molecule has 0 spiro atoms. The molecule has 3 aliphatic rings. The van der Waals surface area contributed by atoms with E-state index in [1.807, 2.05) is 83.9 Å². The molecule has 2 fully saturated rings. The van der Waals surface area contributed by atoms with E-state index in [4.69, 9.17) is 19.2 Å². The number of fused-ring (bicyclic) bond motifs is 3. The number of nitrogens with zero attached hydrogens (tertiary/aromatic N) is 5. The number of aromatic nitrogens is 2. The number of hydrogen-bond donors (Lipinski definition) is 0. The number of amides is 1. The number of hydrogen-bond acceptors (Lipinski definition) is 8. The highest BCUT2D eigenvalue weighted by Gasteiger charge is 2.32. The number of benzene rings is 4. The van der Waals surface area contributed by atoms with Crippen molar-refractivity contribution >= 4 is 34.4 Å². The number of anilines is 1. The fourth-order valence-corrected chi connectivity index (χ4v) is 7.78. The molecule has 4 heterocycles. The van der Waals surface area contributed by atoms with Crippen molar-refractivity contribution in [1.82, 2.24) is 14.5 Å². The van der Waals surface area contributed by atoms with Crippen LogP contribution in [0.1, 0.15) is 68.1 Å². The average molecular weight is 726 g/mol. The lowest BCUT2D eigenvalue weighted by atomic mass is 10.1. The maximum absolute atomic E-state index is 14.2. The minimum atomic E-state index is -0.0835. The SMILES string of the molecule is COc1cc2c(cc1OCCCCCCOc1ccc(-n3c(-c4ccccc4)nc4ccc(N5CCCCC5)cc4c3=O)cc1)N=C[C@@H]1CCCN1C2=O. The van der Waals surface area contributed by atoms with Gasteiger partial charge in [0, 0.05) is 43.2 Å². The van der Waals surface area contributed by atoms with E-state index in [1.165, 1.54) is 19.3 Å². The predicted octanol–water partition coefficient (Wildman–Crippen LogP) is 8.39. The van der Waals surface area contributed by atoms with Crippen molar-refractivity contribution in [1.29, 1.82) is 0 Å².